The van der Waals surface area contributed by atoms with Crippen molar-refractivity contribution in [3.05, 3.63) is 52.9 Å². The van der Waals surface area contributed by atoms with Crippen molar-refractivity contribution in [2.75, 3.05) is 23.7 Å². The molecule has 0 saturated carbocycles. The van der Waals surface area contributed by atoms with Gasteiger partial charge in [-0.3, -0.25) is 4.79 Å². The summed E-state index contributed by atoms with van der Waals surface area (Å²) in [5.74, 6) is 0.714. The molecular formula is C22H25N3O2S. The minimum Gasteiger partial charge on any atom is -0.488 e. The summed E-state index contributed by atoms with van der Waals surface area (Å²) in [6.07, 6.45) is 1.95. The Kier molecular flexibility index (Phi) is 5.24. The van der Waals surface area contributed by atoms with Crippen LogP contribution in [0.3, 0.4) is 0 Å². The number of ether oxygens (including phenoxy) is 1. The molecule has 0 bridgehead atoms. The molecule has 2 heterocycles. The van der Waals surface area contributed by atoms with Crippen molar-refractivity contribution in [1.29, 1.82) is 0 Å². The second kappa shape index (κ2) is 7.81. The summed E-state index contributed by atoms with van der Waals surface area (Å²) in [6.45, 7) is 3.85. The van der Waals surface area contributed by atoms with E-state index in [1.807, 2.05) is 30.3 Å². The zero-order valence-corrected chi connectivity index (χ0v) is 16.8. The molecule has 1 aliphatic rings. The highest BCUT2D eigenvalue weighted by molar-refractivity contribution is 7.21. The minimum absolute atomic E-state index is 0.0156. The highest BCUT2D eigenvalue weighted by Crippen LogP contribution is 2.43. The lowest BCUT2D eigenvalue weighted by Crippen LogP contribution is -2.39. The van der Waals surface area contributed by atoms with Gasteiger partial charge in [0.2, 0.25) is 0 Å². The standard InChI is InChI=1S/C22H25N3O2S/c1-14(26)22-21(24)20-18(27-13-15-5-3-2-4-6-15)11-17(12-19(20)28-22)25-9-7-16(23)8-10-25/h2-6,11-12,16H,7-10,13,23-24H2,1H3. The van der Waals surface area contributed by atoms with Gasteiger partial charge in [-0.15, -0.1) is 11.3 Å². The van der Waals surface area contributed by atoms with Crippen LogP contribution in [0.25, 0.3) is 10.1 Å². The molecule has 5 nitrogen and oxygen atoms in total. The summed E-state index contributed by atoms with van der Waals surface area (Å²) in [7, 11) is 0. The van der Waals surface area contributed by atoms with E-state index in [4.69, 9.17) is 16.2 Å². The average Bonchev–Trinajstić information content (AvgIpc) is 3.04. The van der Waals surface area contributed by atoms with Crippen molar-refractivity contribution in [2.24, 2.45) is 5.73 Å². The fourth-order valence-corrected chi connectivity index (χ4v) is 4.72. The lowest BCUT2D eigenvalue weighted by atomic mass is 10.0. The number of fused-ring (bicyclic) bond motifs is 1. The van der Waals surface area contributed by atoms with Crippen LogP contribution in [0.1, 0.15) is 35.0 Å². The molecule has 28 heavy (non-hydrogen) atoms. The predicted molar refractivity (Wildman–Crippen MR) is 116 cm³/mol. The van der Waals surface area contributed by atoms with E-state index in [-0.39, 0.29) is 11.8 Å². The van der Waals surface area contributed by atoms with Crippen molar-refractivity contribution >= 4 is 38.6 Å². The second-order valence-electron chi connectivity index (χ2n) is 7.32. The van der Waals surface area contributed by atoms with E-state index < -0.39 is 0 Å². The number of ketones is 1. The molecule has 1 saturated heterocycles. The molecule has 146 valence electrons. The van der Waals surface area contributed by atoms with Crippen molar-refractivity contribution in [1.82, 2.24) is 0 Å². The molecule has 0 unspecified atom stereocenters. The van der Waals surface area contributed by atoms with Crippen LogP contribution in [0.15, 0.2) is 42.5 Å². The highest BCUT2D eigenvalue weighted by atomic mass is 32.1. The van der Waals surface area contributed by atoms with E-state index in [1.165, 1.54) is 11.3 Å². The zero-order valence-electron chi connectivity index (χ0n) is 16.0. The third kappa shape index (κ3) is 3.70. The average molecular weight is 396 g/mol. The number of Topliss-reactive ketones (excluding diaryl/α,β-unsaturated/α-hetero) is 1. The van der Waals surface area contributed by atoms with E-state index in [2.05, 4.69) is 17.0 Å². The minimum atomic E-state index is -0.0156. The van der Waals surface area contributed by atoms with Gasteiger partial charge in [-0.25, -0.2) is 0 Å². The van der Waals surface area contributed by atoms with Gasteiger partial charge in [0.1, 0.15) is 12.4 Å². The Labute approximate surface area is 168 Å². The molecule has 0 spiro atoms. The van der Waals surface area contributed by atoms with Crippen LogP contribution in [0, 0.1) is 0 Å². The maximum atomic E-state index is 12.0. The Morgan fingerprint density at radius 1 is 1.21 bits per heavy atom. The molecule has 1 aliphatic heterocycles. The summed E-state index contributed by atoms with van der Waals surface area (Å²) in [6, 6.07) is 14.5. The monoisotopic (exact) mass is 395 g/mol. The van der Waals surface area contributed by atoms with Crippen LogP contribution in [-0.2, 0) is 6.61 Å². The first-order valence-electron chi connectivity index (χ1n) is 9.57. The van der Waals surface area contributed by atoms with Gasteiger partial charge >= 0.3 is 0 Å². The van der Waals surface area contributed by atoms with Gasteiger partial charge < -0.3 is 21.1 Å². The summed E-state index contributed by atoms with van der Waals surface area (Å²) in [5.41, 5.74) is 15.1. The van der Waals surface area contributed by atoms with Gasteiger partial charge in [0, 0.05) is 42.5 Å². The Bertz CT molecular complexity index is 992. The highest BCUT2D eigenvalue weighted by Gasteiger charge is 2.22. The molecule has 3 aromatic rings. The van der Waals surface area contributed by atoms with Gasteiger partial charge in [-0.05, 0) is 24.5 Å². The van der Waals surface area contributed by atoms with Crippen molar-refractivity contribution < 1.29 is 9.53 Å². The summed E-state index contributed by atoms with van der Waals surface area (Å²) < 4.78 is 7.18. The molecule has 0 radical (unpaired) electrons. The van der Waals surface area contributed by atoms with Crippen molar-refractivity contribution in [3.63, 3.8) is 0 Å². The second-order valence-corrected chi connectivity index (χ2v) is 8.37. The number of piperidine rings is 1. The number of carbonyl (C=O) groups is 1. The largest absolute Gasteiger partial charge is 0.488 e. The summed E-state index contributed by atoms with van der Waals surface area (Å²) >= 11 is 1.44. The molecule has 6 heteroatoms. The lowest BCUT2D eigenvalue weighted by Gasteiger charge is -2.32. The molecule has 4 N–H and O–H groups in total. The van der Waals surface area contributed by atoms with Gasteiger partial charge in [0.25, 0.3) is 0 Å². The van der Waals surface area contributed by atoms with Crippen LogP contribution < -0.4 is 21.1 Å². The number of hydrogen-bond acceptors (Lipinski definition) is 6. The topological polar surface area (TPSA) is 81.6 Å². The van der Waals surface area contributed by atoms with Crippen LogP contribution >= 0.6 is 11.3 Å². The number of thiophene rings is 1. The SMILES string of the molecule is CC(=O)c1sc2cc(N3CCC(N)CC3)cc(OCc3ccccc3)c2c1N. The zero-order chi connectivity index (χ0) is 19.7. The first kappa shape index (κ1) is 18.8. The van der Waals surface area contributed by atoms with Crippen molar-refractivity contribution in [3.8, 4) is 5.75 Å². The van der Waals surface area contributed by atoms with Crippen LogP contribution in [0.5, 0.6) is 5.75 Å². The number of hydrogen-bond donors (Lipinski definition) is 2. The Hall–Kier alpha value is -2.57. The van der Waals surface area contributed by atoms with Gasteiger partial charge in [-0.1, -0.05) is 30.3 Å². The molecule has 2 aromatic carbocycles. The Morgan fingerprint density at radius 3 is 2.61 bits per heavy atom. The fraction of sp³-hybridized carbons (Fsp3) is 0.318. The van der Waals surface area contributed by atoms with E-state index >= 15 is 0 Å². The van der Waals surface area contributed by atoms with E-state index in [0.29, 0.717) is 17.2 Å². The normalized spacial score (nSPS) is 15.1. The first-order valence-corrected chi connectivity index (χ1v) is 10.4. The number of nitrogen functional groups attached to an aromatic ring is 1. The van der Waals surface area contributed by atoms with Crippen LogP contribution in [0.2, 0.25) is 0 Å². The Morgan fingerprint density at radius 2 is 1.93 bits per heavy atom. The predicted octanol–water partition coefficient (Wildman–Crippen LogP) is 4.19. The Balaban J connectivity index is 1.74. The van der Waals surface area contributed by atoms with E-state index in [1.54, 1.807) is 6.92 Å². The number of benzene rings is 2. The molecule has 0 amide bonds. The lowest BCUT2D eigenvalue weighted by molar-refractivity contribution is 0.102. The van der Waals surface area contributed by atoms with Crippen molar-refractivity contribution in [2.45, 2.75) is 32.4 Å². The molecule has 1 fully saturated rings. The third-order valence-corrected chi connectivity index (χ3v) is 6.49. The van der Waals surface area contributed by atoms with Crippen LogP contribution in [-0.4, -0.2) is 24.9 Å². The summed E-state index contributed by atoms with van der Waals surface area (Å²) in [4.78, 5) is 14.9. The maximum Gasteiger partial charge on any atom is 0.171 e. The molecule has 0 aliphatic carbocycles. The van der Waals surface area contributed by atoms with E-state index in [0.717, 1.165) is 53.0 Å². The van der Waals surface area contributed by atoms with Gasteiger partial charge in [0.05, 0.1) is 16.0 Å². The smallest absolute Gasteiger partial charge is 0.171 e. The fourth-order valence-electron chi connectivity index (χ4n) is 3.65. The summed E-state index contributed by atoms with van der Waals surface area (Å²) in [5, 5.41) is 0.837. The number of nitrogens with two attached hydrogens (primary N) is 2. The quantitative estimate of drug-likeness (QED) is 0.633. The first-order chi connectivity index (χ1) is 13.5. The molecular weight excluding hydrogens is 370 g/mol. The number of carbonyl (C=O) groups excluding carboxylic acids is 1. The maximum absolute atomic E-state index is 12.0. The number of rotatable bonds is 5. The molecule has 0 atom stereocenters. The van der Waals surface area contributed by atoms with E-state index in [9.17, 15) is 4.79 Å². The molecule has 1 aromatic heterocycles. The third-order valence-electron chi connectivity index (χ3n) is 5.24. The van der Waals surface area contributed by atoms with Crippen LogP contribution in [0.4, 0.5) is 11.4 Å². The number of nitrogens with zero attached hydrogens (tertiary/aromatic N) is 1. The number of anilines is 2. The van der Waals surface area contributed by atoms with Gasteiger partial charge in [0.15, 0.2) is 5.78 Å². The van der Waals surface area contributed by atoms with Gasteiger partial charge in [-0.2, -0.15) is 0 Å². The molecule has 4 rings (SSSR count).